The third-order valence-electron chi connectivity index (χ3n) is 2.92. The second-order valence-electron chi connectivity index (χ2n) is 4.38. The van der Waals surface area contributed by atoms with Crippen LogP contribution < -0.4 is 11.1 Å². The van der Waals surface area contributed by atoms with Crippen LogP contribution in [0.3, 0.4) is 0 Å². The van der Waals surface area contributed by atoms with Crippen molar-refractivity contribution < 1.29 is 9.21 Å². The Hall–Kier alpha value is -1.29. The van der Waals surface area contributed by atoms with Crippen LogP contribution in [0.2, 0.25) is 0 Å². The molecule has 0 aromatic carbocycles. The zero-order valence-electron chi connectivity index (χ0n) is 9.32. The van der Waals surface area contributed by atoms with Gasteiger partial charge in [0.1, 0.15) is 5.76 Å². The number of nitrogens with two attached hydrogens (primary N) is 1. The molecule has 1 unspecified atom stereocenters. The van der Waals surface area contributed by atoms with Crippen molar-refractivity contribution >= 4 is 5.91 Å². The standard InChI is InChI=1S/C12H18N2O2/c13-11(9-3-4-9)8-12(15)14-6-5-10-2-1-7-16-10/h1-2,7,9,11H,3-6,8,13H2,(H,14,15). The second kappa shape index (κ2) is 5.16. The Labute approximate surface area is 95.2 Å². The minimum atomic E-state index is 0.0450. The van der Waals surface area contributed by atoms with Crippen molar-refractivity contribution in [3.05, 3.63) is 24.2 Å². The van der Waals surface area contributed by atoms with Crippen molar-refractivity contribution in [2.24, 2.45) is 11.7 Å². The molecule has 0 aliphatic heterocycles. The molecule has 1 heterocycles. The van der Waals surface area contributed by atoms with Crippen molar-refractivity contribution in [3.63, 3.8) is 0 Å². The lowest BCUT2D eigenvalue weighted by atomic mass is 10.1. The van der Waals surface area contributed by atoms with E-state index in [0.717, 1.165) is 12.2 Å². The molecular formula is C12H18N2O2. The van der Waals surface area contributed by atoms with Gasteiger partial charge in [0, 0.05) is 25.4 Å². The quantitative estimate of drug-likeness (QED) is 0.756. The highest BCUT2D eigenvalue weighted by Crippen LogP contribution is 2.32. The highest BCUT2D eigenvalue weighted by Gasteiger charge is 2.29. The maximum atomic E-state index is 11.5. The molecule has 1 fully saturated rings. The summed E-state index contributed by atoms with van der Waals surface area (Å²) in [5.41, 5.74) is 5.87. The molecule has 0 bridgehead atoms. The van der Waals surface area contributed by atoms with Gasteiger partial charge in [0.25, 0.3) is 0 Å². The number of rotatable bonds is 6. The Bertz CT molecular complexity index is 331. The van der Waals surface area contributed by atoms with Gasteiger partial charge in [0.15, 0.2) is 0 Å². The molecule has 4 heteroatoms. The highest BCUT2D eigenvalue weighted by molar-refractivity contribution is 5.76. The van der Waals surface area contributed by atoms with Crippen LogP contribution in [0.1, 0.15) is 25.0 Å². The van der Waals surface area contributed by atoms with Crippen LogP contribution in [-0.4, -0.2) is 18.5 Å². The van der Waals surface area contributed by atoms with Crippen LogP contribution >= 0.6 is 0 Å². The fourth-order valence-corrected chi connectivity index (χ4v) is 1.76. The van der Waals surface area contributed by atoms with Crippen molar-refractivity contribution in [3.8, 4) is 0 Å². The first-order valence-corrected chi connectivity index (χ1v) is 5.80. The van der Waals surface area contributed by atoms with Crippen LogP contribution in [0.15, 0.2) is 22.8 Å². The van der Waals surface area contributed by atoms with Gasteiger partial charge >= 0.3 is 0 Å². The van der Waals surface area contributed by atoms with Crippen LogP contribution in [0.25, 0.3) is 0 Å². The molecule has 1 amide bonds. The lowest BCUT2D eigenvalue weighted by molar-refractivity contribution is -0.121. The van der Waals surface area contributed by atoms with E-state index >= 15 is 0 Å². The molecule has 0 radical (unpaired) electrons. The Balaban J connectivity index is 1.60. The summed E-state index contributed by atoms with van der Waals surface area (Å²) in [5.74, 6) is 1.52. The van der Waals surface area contributed by atoms with Gasteiger partial charge in [-0.2, -0.15) is 0 Å². The minimum Gasteiger partial charge on any atom is -0.469 e. The van der Waals surface area contributed by atoms with E-state index in [1.807, 2.05) is 12.1 Å². The predicted molar refractivity (Wildman–Crippen MR) is 60.7 cm³/mol. The Morgan fingerprint density at radius 1 is 1.62 bits per heavy atom. The number of amides is 1. The summed E-state index contributed by atoms with van der Waals surface area (Å²) < 4.78 is 5.17. The number of hydrogen-bond donors (Lipinski definition) is 2. The first-order valence-electron chi connectivity index (χ1n) is 5.80. The topological polar surface area (TPSA) is 68.3 Å². The van der Waals surface area contributed by atoms with Crippen LogP contribution in [-0.2, 0) is 11.2 Å². The zero-order valence-corrected chi connectivity index (χ0v) is 9.32. The predicted octanol–water partition coefficient (Wildman–Crippen LogP) is 1.07. The third kappa shape index (κ3) is 3.38. The first-order chi connectivity index (χ1) is 7.75. The minimum absolute atomic E-state index is 0.0450. The Kier molecular flexibility index (Phi) is 3.62. The number of carbonyl (C=O) groups excluding carboxylic acids is 1. The molecule has 88 valence electrons. The molecular weight excluding hydrogens is 204 g/mol. The molecule has 1 aliphatic carbocycles. The summed E-state index contributed by atoms with van der Waals surface area (Å²) in [4.78, 5) is 11.5. The van der Waals surface area contributed by atoms with Gasteiger partial charge < -0.3 is 15.5 Å². The molecule has 4 nitrogen and oxygen atoms in total. The Morgan fingerprint density at radius 3 is 3.06 bits per heavy atom. The molecule has 1 aromatic rings. The van der Waals surface area contributed by atoms with Crippen molar-refractivity contribution in [1.82, 2.24) is 5.32 Å². The summed E-state index contributed by atoms with van der Waals surface area (Å²) in [6, 6.07) is 3.80. The molecule has 2 rings (SSSR count). The van der Waals surface area contributed by atoms with E-state index in [1.165, 1.54) is 12.8 Å². The smallest absolute Gasteiger partial charge is 0.221 e. The van der Waals surface area contributed by atoms with Gasteiger partial charge in [-0.25, -0.2) is 0 Å². The molecule has 1 atom stereocenters. The van der Waals surface area contributed by atoms with E-state index in [2.05, 4.69) is 5.32 Å². The number of furan rings is 1. The summed E-state index contributed by atoms with van der Waals surface area (Å²) >= 11 is 0. The van der Waals surface area contributed by atoms with Gasteiger partial charge in [-0.15, -0.1) is 0 Å². The second-order valence-corrected chi connectivity index (χ2v) is 4.38. The van der Waals surface area contributed by atoms with Crippen LogP contribution in [0.5, 0.6) is 0 Å². The van der Waals surface area contributed by atoms with Crippen molar-refractivity contribution in [1.29, 1.82) is 0 Å². The average molecular weight is 222 g/mol. The lowest BCUT2D eigenvalue weighted by Gasteiger charge is -2.09. The van der Waals surface area contributed by atoms with Gasteiger partial charge in [0.05, 0.1) is 6.26 Å². The highest BCUT2D eigenvalue weighted by atomic mass is 16.3. The largest absolute Gasteiger partial charge is 0.469 e. The maximum absolute atomic E-state index is 11.5. The number of carbonyl (C=O) groups is 1. The fourth-order valence-electron chi connectivity index (χ4n) is 1.76. The van der Waals surface area contributed by atoms with E-state index in [1.54, 1.807) is 6.26 Å². The zero-order chi connectivity index (χ0) is 11.4. The molecule has 1 aromatic heterocycles. The fraction of sp³-hybridized carbons (Fsp3) is 0.583. The van der Waals surface area contributed by atoms with Gasteiger partial charge in [-0.05, 0) is 30.9 Å². The van der Waals surface area contributed by atoms with E-state index in [4.69, 9.17) is 10.2 Å². The van der Waals surface area contributed by atoms with Crippen molar-refractivity contribution in [2.75, 3.05) is 6.54 Å². The lowest BCUT2D eigenvalue weighted by Crippen LogP contribution is -2.33. The van der Waals surface area contributed by atoms with Crippen molar-refractivity contribution in [2.45, 2.75) is 31.7 Å². The van der Waals surface area contributed by atoms with Crippen LogP contribution in [0, 0.1) is 5.92 Å². The molecule has 16 heavy (non-hydrogen) atoms. The maximum Gasteiger partial charge on any atom is 0.221 e. The molecule has 3 N–H and O–H groups in total. The summed E-state index contributed by atoms with van der Waals surface area (Å²) in [6.07, 6.45) is 5.18. The van der Waals surface area contributed by atoms with E-state index < -0.39 is 0 Å². The summed E-state index contributed by atoms with van der Waals surface area (Å²) in [7, 11) is 0. The average Bonchev–Trinajstić information content (AvgIpc) is 2.98. The molecule has 0 spiro atoms. The summed E-state index contributed by atoms with van der Waals surface area (Å²) in [5, 5.41) is 2.86. The first kappa shape index (κ1) is 11.2. The monoisotopic (exact) mass is 222 g/mol. The van der Waals surface area contributed by atoms with Crippen LogP contribution in [0.4, 0.5) is 0 Å². The SMILES string of the molecule is NC(CC(=O)NCCc1ccco1)C1CC1. The summed E-state index contributed by atoms with van der Waals surface area (Å²) in [6.45, 7) is 0.615. The van der Waals surface area contributed by atoms with E-state index in [9.17, 15) is 4.79 Å². The molecule has 1 aliphatic rings. The van der Waals surface area contributed by atoms with Gasteiger partial charge in [-0.3, -0.25) is 4.79 Å². The van der Waals surface area contributed by atoms with E-state index in [-0.39, 0.29) is 11.9 Å². The van der Waals surface area contributed by atoms with Gasteiger partial charge in [0.2, 0.25) is 5.91 Å². The van der Waals surface area contributed by atoms with E-state index in [0.29, 0.717) is 18.9 Å². The number of hydrogen-bond acceptors (Lipinski definition) is 3. The molecule has 0 saturated heterocycles. The Morgan fingerprint density at radius 2 is 2.44 bits per heavy atom. The molecule has 1 saturated carbocycles. The third-order valence-corrected chi connectivity index (χ3v) is 2.92. The van der Waals surface area contributed by atoms with Gasteiger partial charge in [-0.1, -0.05) is 0 Å². The number of nitrogens with one attached hydrogen (secondary N) is 1. The normalized spacial score (nSPS) is 17.1.